The second-order valence-corrected chi connectivity index (χ2v) is 8.72. The minimum absolute atomic E-state index is 0.132. The normalized spacial score (nSPS) is 15.6. The number of thiophene rings is 1. The van der Waals surface area contributed by atoms with E-state index in [9.17, 15) is 9.59 Å². The number of carbonyl (C=O) groups is 2. The Morgan fingerprint density at radius 1 is 1.17 bits per heavy atom. The van der Waals surface area contributed by atoms with Crippen LogP contribution in [0.25, 0.3) is 0 Å². The van der Waals surface area contributed by atoms with E-state index in [1.807, 2.05) is 30.5 Å². The third-order valence-corrected chi connectivity index (χ3v) is 6.30. The molecule has 0 saturated heterocycles. The van der Waals surface area contributed by atoms with Gasteiger partial charge >= 0.3 is 0 Å². The second kappa shape index (κ2) is 9.34. The molecule has 1 aliphatic rings. The van der Waals surface area contributed by atoms with Crippen LogP contribution in [0.5, 0.6) is 0 Å². The van der Waals surface area contributed by atoms with E-state index in [1.165, 1.54) is 12.7 Å². The molecule has 0 radical (unpaired) electrons. The maximum Gasteiger partial charge on any atom is 0.290 e. The molecule has 6 nitrogen and oxygen atoms in total. The van der Waals surface area contributed by atoms with Crippen molar-refractivity contribution in [1.29, 1.82) is 0 Å². The van der Waals surface area contributed by atoms with E-state index >= 15 is 0 Å². The summed E-state index contributed by atoms with van der Waals surface area (Å²) < 4.78 is 11.2. The van der Waals surface area contributed by atoms with E-state index < -0.39 is 6.04 Å². The van der Waals surface area contributed by atoms with E-state index in [0.717, 1.165) is 30.6 Å². The number of carbonyl (C=O) groups excluding carboxylic acids is 2. The van der Waals surface area contributed by atoms with Gasteiger partial charge in [0, 0.05) is 10.9 Å². The molecule has 3 aromatic rings. The Morgan fingerprint density at radius 3 is 2.63 bits per heavy atom. The number of hydrogen-bond donors (Lipinski definition) is 1. The Morgan fingerprint density at radius 2 is 2.00 bits per heavy atom. The summed E-state index contributed by atoms with van der Waals surface area (Å²) in [7, 11) is 0. The van der Waals surface area contributed by atoms with Crippen LogP contribution in [0.15, 0.2) is 56.9 Å². The van der Waals surface area contributed by atoms with Gasteiger partial charge in [0.2, 0.25) is 0 Å². The van der Waals surface area contributed by atoms with Gasteiger partial charge in [-0.2, -0.15) is 0 Å². The lowest BCUT2D eigenvalue weighted by Gasteiger charge is -2.31. The van der Waals surface area contributed by atoms with Gasteiger partial charge in [0.15, 0.2) is 11.8 Å². The summed E-state index contributed by atoms with van der Waals surface area (Å²) >= 11 is 1.54. The zero-order chi connectivity index (χ0) is 20.9. The fourth-order valence-electron chi connectivity index (χ4n) is 3.94. The highest BCUT2D eigenvalue weighted by Gasteiger charge is 2.36. The van der Waals surface area contributed by atoms with Crippen LogP contribution in [0.3, 0.4) is 0 Å². The van der Waals surface area contributed by atoms with E-state index in [4.69, 9.17) is 8.83 Å². The summed E-state index contributed by atoms with van der Waals surface area (Å²) in [4.78, 5) is 29.4. The lowest BCUT2D eigenvalue weighted by Crippen LogP contribution is -2.46. The van der Waals surface area contributed by atoms with Crippen LogP contribution in [0.2, 0.25) is 0 Å². The molecule has 1 aliphatic carbocycles. The topological polar surface area (TPSA) is 75.7 Å². The molecule has 158 valence electrons. The van der Waals surface area contributed by atoms with Crippen LogP contribution in [0.4, 0.5) is 0 Å². The van der Waals surface area contributed by atoms with Crippen LogP contribution >= 0.6 is 11.3 Å². The Balaban J connectivity index is 1.68. The minimum atomic E-state index is -0.875. The molecule has 0 aromatic carbocycles. The molecule has 4 rings (SSSR count). The summed E-state index contributed by atoms with van der Waals surface area (Å²) in [6, 6.07) is 10.0. The number of rotatable bonds is 7. The summed E-state index contributed by atoms with van der Waals surface area (Å²) in [5.74, 6) is 0.795. The number of nitrogens with zero attached hydrogens (tertiary/aromatic N) is 1. The smallest absolute Gasteiger partial charge is 0.290 e. The zero-order valence-electron chi connectivity index (χ0n) is 17.0. The van der Waals surface area contributed by atoms with E-state index in [1.54, 1.807) is 34.4 Å². The maximum atomic E-state index is 13.5. The molecule has 1 saturated carbocycles. The fourth-order valence-corrected chi connectivity index (χ4v) is 4.65. The molecule has 7 heteroatoms. The Hall–Kier alpha value is -2.80. The predicted molar refractivity (Wildman–Crippen MR) is 114 cm³/mol. The van der Waals surface area contributed by atoms with Gasteiger partial charge in [-0.05, 0) is 55.5 Å². The first-order valence-electron chi connectivity index (χ1n) is 10.4. The molecule has 30 heavy (non-hydrogen) atoms. The highest BCUT2D eigenvalue weighted by Crippen LogP contribution is 2.29. The van der Waals surface area contributed by atoms with Crippen LogP contribution < -0.4 is 5.32 Å². The number of amides is 2. The SMILES string of the molecule is Cc1ccc([C@H](C(=O)NC2CCCCC2)N(Cc2cccs2)C(=O)c2ccco2)o1. The molecule has 2 amide bonds. The molecule has 0 unspecified atom stereocenters. The maximum absolute atomic E-state index is 13.5. The first-order valence-corrected chi connectivity index (χ1v) is 11.2. The Labute approximate surface area is 179 Å². The van der Waals surface area contributed by atoms with Gasteiger partial charge in [-0.25, -0.2) is 0 Å². The van der Waals surface area contributed by atoms with E-state index in [2.05, 4.69) is 5.32 Å². The number of aryl methyl sites for hydroxylation is 1. The van der Waals surface area contributed by atoms with Crippen molar-refractivity contribution < 1.29 is 18.4 Å². The molecule has 3 aromatic heterocycles. The van der Waals surface area contributed by atoms with Gasteiger partial charge in [-0.3, -0.25) is 9.59 Å². The summed E-state index contributed by atoms with van der Waals surface area (Å²) in [5.41, 5.74) is 0. The van der Waals surface area contributed by atoms with Crippen molar-refractivity contribution in [3.8, 4) is 0 Å². The summed E-state index contributed by atoms with van der Waals surface area (Å²) in [5, 5.41) is 5.12. The lowest BCUT2D eigenvalue weighted by molar-refractivity contribution is -0.127. The zero-order valence-corrected chi connectivity index (χ0v) is 17.8. The molecular weight excluding hydrogens is 400 g/mol. The average Bonchev–Trinajstić information content (AvgIpc) is 3.51. The van der Waals surface area contributed by atoms with Gasteiger partial charge in [0.1, 0.15) is 11.5 Å². The summed E-state index contributed by atoms with van der Waals surface area (Å²) in [6.45, 7) is 2.12. The van der Waals surface area contributed by atoms with Gasteiger partial charge in [-0.1, -0.05) is 25.3 Å². The van der Waals surface area contributed by atoms with Gasteiger partial charge in [0.25, 0.3) is 11.8 Å². The standard InChI is InChI=1S/C23H26N2O4S/c1-16-11-12-19(29-16)21(22(26)24-17-7-3-2-4-8-17)25(15-18-9-6-14-30-18)23(27)20-10-5-13-28-20/h5-6,9-14,17,21H,2-4,7-8,15H2,1H3,(H,24,26)/t21-/m1/s1. The largest absolute Gasteiger partial charge is 0.464 e. The quantitative estimate of drug-likeness (QED) is 0.572. The van der Waals surface area contributed by atoms with Crippen molar-refractivity contribution in [3.63, 3.8) is 0 Å². The van der Waals surface area contributed by atoms with Crippen molar-refractivity contribution in [2.75, 3.05) is 0 Å². The van der Waals surface area contributed by atoms with Gasteiger partial charge in [0.05, 0.1) is 12.8 Å². The molecular formula is C23H26N2O4S. The molecule has 0 aliphatic heterocycles. The predicted octanol–water partition coefficient (Wildman–Crippen LogP) is 5.08. The second-order valence-electron chi connectivity index (χ2n) is 7.68. The summed E-state index contributed by atoms with van der Waals surface area (Å²) in [6.07, 6.45) is 6.82. The third kappa shape index (κ3) is 4.67. The van der Waals surface area contributed by atoms with Crippen molar-refractivity contribution in [3.05, 3.63) is 70.2 Å². The first-order chi connectivity index (χ1) is 14.6. The van der Waals surface area contributed by atoms with Gasteiger partial charge < -0.3 is 19.1 Å². The minimum Gasteiger partial charge on any atom is -0.464 e. The highest BCUT2D eigenvalue weighted by atomic mass is 32.1. The van der Waals surface area contributed by atoms with Crippen molar-refractivity contribution in [1.82, 2.24) is 10.2 Å². The number of nitrogens with one attached hydrogen (secondary N) is 1. The van der Waals surface area contributed by atoms with Crippen LogP contribution in [-0.4, -0.2) is 22.8 Å². The Kier molecular flexibility index (Phi) is 6.38. The molecule has 1 N–H and O–H groups in total. The Bertz CT molecular complexity index is 955. The van der Waals surface area contributed by atoms with Gasteiger partial charge in [-0.15, -0.1) is 11.3 Å². The monoisotopic (exact) mass is 426 g/mol. The number of hydrogen-bond acceptors (Lipinski definition) is 5. The number of furan rings is 2. The molecule has 1 atom stereocenters. The molecule has 1 fully saturated rings. The van der Waals surface area contributed by atoms with Crippen molar-refractivity contribution in [2.45, 2.75) is 57.7 Å². The molecule has 0 spiro atoms. The highest BCUT2D eigenvalue weighted by molar-refractivity contribution is 7.09. The average molecular weight is 427 g/mol. The van der Waals surface area contributed by atoms with Crippen LogP contribution in [0, 0.1) is 6.92 Å². The molecule has 3 heterocycles. The first kappa shape index (κ1) is 20.5. The molecule has 0 bridgehead atoms. The fraction of sp³-hybridized carbons (Fsp3) is 0.391. The van der Waals surface area contributed by atoms with Crippen molar-refractivity contribution >= 4 is 23.2 Å². The van der Waals surface area contributed by atoms with E-state index in [0.29, 0.717) is 18.1 Å². The third-order valence-electron chi connectivity index (χ3n) is 5.44. The van der Waals surface area contributed by atoms with Crippen LogP contribution in [0.1, 0.15) is 65.1 Å². The van der Waals surface area contributed by atoms with E-state index in [-0.39, 0.29) is 23.6 Å². The lowest BCUT2D eigenvalue weighted by atomic mass is 9.95. The van der Waals surface area contributed by atoms with Crippen molar-refractivity contribution in [2.24, 2.45) is 0 Å². The van der Waals surface area contributed by atoms with Crippen LogP contribution in [-0.2, 0) is 11.3 Å².